The number of allylic oxidation sites excluding steroid dienone is 1. The minimum absolute atomic E-state index is 0.0500. The van der Waals surface area contributed by atoms with E-state index in [2.05, 4.69) is 5.32 Å². The SMILES string of the molecule is COc1cc(NC=C(C#N)C#N)c(OC)cc1Cl. The fraction of sp³-hybridized carbons (Fsp3) is 0.167. The number of hydrogen-bond donors (Lipinski definition) is 1. The van der Waals surface area contributed by atoms with E-state index in [9.17, 15) is 0 Å². The monoisotopic (exact) mass is 263 g/mol. The summed E-state index contributed by atoms with van der Waals surface area (Å²) in [6.07, 6.45) is 1.28. The Kier molecular flexibility index (Phi) is 4.86. The molecule has 6 heteroatoms. The quantitative estimate of drug-likeness (QED) is 0.845. The van der Waals surface area contributed by atoms with Gasteiger partial charge >= 0.3 is 0 Å². The average molecular weight is 264 g/mol. The summed E-state index contributed by atoms with van der Waals surface area (Å²) in [4.78, 5) is 0. The van der Waals surface area contributed by atoms with E-state index in [4.69, 9.17) is 31.6 Å². The van der Waals surface area contributed by atoms with Crippen molar-refractivity contribution in [2.75, 3.05) is 19.5 Å². The fourth-order valence-corrected chi connectivity index (χ4v) is 1.44. The zero-order chi connectivity index (χ0) is 13.5. The van der Waals surface area contributed by atoms with Gasteiger partial charge in [0.25, 0.3) is 0 Å². The Hall–Kier alpha value is -2.37. The molecule has 0 aliphatic carbocycles. The van der Waals surface area contributed by atoms with Crippen molar-refractivity contribution in [3.8, 4) is 23.6 Å². The summed E-state index contributed by atoms with van der Waals surface area (Å²) in [6.45, 7) is 0. The molecule has 0 unspecified atom stereocenters. The van der Waals surface area contributed by atoms with Crippen LogP contribution in [0.4, 0.5) is 5.69 Å². The van der Waals surface area contributed by atoms with Crippen molar-refractivity contribution in [3.63, 3.8) is 0 Å². The lowest BCUT2D eigenvalue weighted by molar-refractivity contribution is 0.405. The van der Waals surface area contributed by atoms with E-state index >= 15 is 0 Å². The molecule has 0 fully saturated rings. The lowest BCUT2D eigenvalue weighted by Crippen LogP contribution is -1.96. The lowest BCUT2D eigenvalue weighted by atomic mass is 10.2. The van der Waals surface area contributed by atoms with Gasteiger partial charge in [0.1, 0.15) is 29.2 Å². The summed E-state index contributed by atoms with van der Waals surface area (Å²) in [6, 6.07) is 6.67. The van der Waals surface area contributed by atoms with Crippen LogP contribution in [-0.4, -0.2) is 14.2 Å². The largest absolute Gasteiger partial charge is 0.495 e. The van der Waals surface area contributed by atoms with E-state index in [1.807, 2.05) is 0 Å². The van der Waals surface area contributed by atoms with E-state index in [1.165, 1.54) is 20.4 Å². The van der Waals surface area contributed by atoms with Crippen LogP contribution in [0, 0.1) is 22.7 Å². The molecule has 0 radical (unpaired) electrons. The van der Waals surface area contributed by atoms with Gasteiger partial charge in [0.15, 0.2) is 0 Å². The summed E-state index contributed by atoms with van der Waals surface area (Å²) in [5.74, 6) is 0.941. The van der Waals surface area contributed by atoms with Crippen LogP contribution >= 0.6 is 11.6 Å². The van der Waals surface area contributed by atoms with Gasteiger partial charge in [0, 0.05) is 18.3 Å². The van der Waals surface area contributed by atoms with E-state index in [-0.39, 0.29) is 5.57 Å². The second-order valence-corrected chi connectivity index (χ2v) is 3.52. The zero-order valence-electron chi connectivity index (χ0n) is 9.82. The highest BCUT2D eigenvalue weighted by Gasteiger charge is 2.09. The van der Waals surface area contributed by atoms with Gasteiger partial charge in [0.05, 0.1) is 24.9 Å². The Labute approximate surface area is 110 Å². The molecule has 0 aromatic heterocycles. The first-order chi connectivity index (χ1) is 8.65. The van der Waals surface area contributed by atoms with E-state index in [1.54, 1.807) is 24.3 Å². The molecule has 0 aliphatic rings. The Morgan fingerprint density at radius 1 is 1.22 bits per heavy atom. The summed E-state index contributed by atoms with van der Waals surface area (Å²) in [7, 11) is 2.98. The summed E-state index contributed by atoms with van der Waals surface area (Å²) >= 11 is 5.94. The minimum atomic E-state index is -0.0500. The normalized spacial score (nSPS) is 8.72. The molecule has 0 heterocycles. The number of nitrogens with one attached hydrogen (secondary N) is 1. The van der Waals surface area contributed by atoms with Gasteiger partial charge in [-0.05, 0) is 0 Å². The molecule has 0 amide bonds. The van der Waals surface area contributed by atoms with Crippen LogP contribution in [0.15, 0.2) is 23.9 Å². The van der Waals surface area contributed by atoms with Gasteiger partial charge in [-0.2, -0.15) is 10.5 Å². The average Bonchev–Trinajstić information content (AvgIpc) is 2.40. The van der Waals surface area contributed by atoms with Gasteiger partial charge in [-0.15, -0.1) is 0 Å². The van der Waals surface area contributed by atoms with Gasteiger partial charge in [-0.3, -0.25) is 0 Å². The number of rotatable bonds is 4. The summed E-state index contributed by atoms with van der Waals surface area (Å²) in [5.41, 5.74) is 0.493. The van der Waals surface area contributed by atoms with Gasteiger partial charge in [-0.1, -0.05) is 11.6 Å². The number of methoxy groups -OCH3 is 2. The predicted molar refractivity (Wildman–Crippen MR) is 67.5 cm³/mol. The number of nitriles is 2. The molecule has 92 valence electrons. The molecule has 1 rings (SSSR count). The Morgan fingerprint density at radius 3 is 2.33 bits per heavy atom. The molecular weight excluding hydrogens is 254 g/mol. The van der Waals surface area contributed by atoms with E-state index in [0.717, 1.165) is 0 Å². The third kappa shape index (κ3) is 3.07. The molecule has 0 saturated heterocycles. The highest BCUT2D eigenvalue weighted by atomic mass is 35.5. The molecule has 18 heavy (non-hydrogen) atoms. The van der Waals surface area contributed by atoms with Gasteiger partial charge < -0.3 is 14.8 Å². The summed E-state index contributed by atoms with van der Waals surface area (Å²) < 4.78 is 10.2. The van der Waals surface area contributed by atoms with Crippen molar-refractivity contribution in [1.29, 1.82) is 10.5 Å². The summed E-state index contributed by atoms with van der Waals surface area (Å²) in [5, 5.41) is 20.4. The Morgan fingerprint density at radius 2 is 1.83 bits per heavy atom. The lowest BCUT2D eigenvalue weighted by Gasteiger charge is -2.11. The van der Waals surface area contributed by atoms with Crippen molar-refractivity contribution in [2.24, 2.45) is 0 Å². The first kappa shape index (κ1) is 13.7. The number of halogens is 1. The number of nitrogens with zero attached hydrogens (tertiary/aromatic N) is 2. The van der Waals surface area contributed by atoms with Gasteiger partial charge in [-0.25, -0.2) is 0 Å². The first-order valence-electron chi connectivity index (χ1n) is 4.84. The third-order valence-corrected chi connectivity index (χ3v) is 2.38. The van der Waals surface area contributed by atoms with Crippen LogP contribution in [0.1, 0.15) is 0 Å². The van der Waals surface area contributed by atoms with Crippen molar-refractivity contribution in [1.82, 2.24) is 0 Å². The van der Waals surface area contributed by atoms with Crippen LogP contribution < -0.4 is 14.8 Å². The van der Waals surface area contributed by atoms with E-state index in [0.29, 0.717) is 22.2 Å². The number of ether oxygens (including phenoxy) is 2. The molecule has 1 aromatic carbocycles. The van der Waals surface area contributed by atoms with Crippen molar-refractivity contribution < 1.29 is 9.47 Å². The molecule has 1 N–H and O–H groups in total. The van der Waals surface area contributed by atoms with Crippen LogP contribution in [0.3, 0.4) is 0 Å². The molecule has 5 nitrogen and oxygen atoms in total. The molecule has 0 aliphatic heterocycles. The smallest absolute Gasteiger partial charge is 0.145 e. The van der Waals surface area contributed by atoms with Gasteiger partial charge in [0.2, 0.25) is 0 Å². The number of hydrogen-bond acceptors (Lipinski definition) is 5. The molecule has 0 bridgehead atoms. The molecular formula is C12H10ClN3O2. The molecule has 0 saturated carbocycles. The second-order valence-electron chi connectivity index (χ2n) is 3.11. The standard InChI is InChI=1S/C12H10ClN3O2/c1-17-11-4-10(12(18-2)3-9(11)13)16-7-8(5-14)6-15/h3-4,7,16H,1-2H3. The van der Waals surface area contributed by atoms with Crippen LogP contribution in [0.2, 0.25) is 5.02 Å². The van der Waals surface area contributed by atoms with Crippen molar-refractivity contribution in [2.45, 2.75) is 0 Å². The predicted octanol–water partition coefficient (Wildman–Crippen LogP) is 2.70. The van der Waals surface area contributed by atoms with Crippen LogP contribution in [-0.2, 0) is 0 Å². The topological polar surface area (TPSA) is 78.1 Å². The highest BCUT2D eigenvalue weighted by Crippen LogP contribution is 2.35. The second kappa shape index (κ2) is 6.39. The number of benzene rings is 1. The maximum atomic E-state index is 8.62. The van der Waals surface area contributed by atoms with Crippen LogP contribution in [0.25, 0.3) is 0 Å². The Bertz CT molecular complexity index is 540. The third-order valence-electron chi connectivity index (χ3n) is 2.09. The zero-order valence-corrected chi connectivity index (χ0v) is 10.6. The number of anilines is 1. The van der Waals surface area contributed by atoms with Crippen molar-refractivity contribution in [3.05, 3.63) is 28.9 Å². The fourth-order valence-electron chi connectivity index (χ4n) is 1.21. The highest BCUT2D eigenvalue weighted by molar-refractivity contribution is 6.32. The molecule has 1 aromatic rings. The molecule has 0 atom stereocenters. The Balaban J connectivity index is 3.12. The van der Waals surface area contributed by atoms with Crippen LogP contribution in [0.5, 0.6) is 11.5 Å². The first-order valence-corrected chi connectivity index (χ1v) is 5.22. The maximum Gasteiger partial charge on any atom is 0.145 e. The van der Waals surface area contributed by atoms with E-state index < -0.39 is 0 Å². The molecule has 0 spiro atoms. The maximum absolute atomic E-state index is 8.62. The minimum Gasteiger partial charge on any atom is -0.495 e. The van der Waals surface area contributed by atoms with Crippen molar-refractivity contribution >= 4 is 17.3 Å².